The van der Waals surface area contributed by atoms with E-state index in [0.717, 1.165) is 40.8 Å². The molecular formula is C29H28ClNO4. The van der Waals surface area contributed by atoms with E-state index in [9.17, 15) is 9.59 Å². The highest BCUT2D eigenvalue weighted by Crippen LogP contribution is 2.32. The van der Waals surface area contributed by atoms with E-state index >= 15 is 0 Å². The summed E-state index contributed by atoms with van der Waals surface area (Å²) in [5.74, 6) is -0.0848. The van der Waals surface area contributed by atoms with Crippen molar-refractivity contribution in [2.45, 2.75) is 40.5 Å². The minimum atomic E-state index is -0.345. The molecule has 0 fully saturated rings. The summed E-state index contributed by atoms with van der Waals surface area (Å²) in [4.78, 5) is 26.4. The first kappa shape index (κ1) is 24.6. The van der Waals surface area contributed by atoms with Crippen molar-refractivity contribution < 1.29 is 13.9 Å². The molecule has 0 spiro atoms. The van der Waals surface area contributed by atoms with Crippen LogP contribution in [-0.4, -0.2) is 12.5 Å². The maximum atomic E-state index is 13.5. The lowest BCUT2D eigenvalue weighted by Gasteiger charge is -2.16. The molecule has 1 heterocycles. The van der Waals surface area contributed by atoms with Gasteiger partial charge < -0.3 is 14.5 Å². The summed E-state index contributed by atoms with van der Waals surface area (Å²) in [6.07, 6.45) is 1.58. The number of hydrogen-bond donors (Lipinski definition) is 1. The zero-order valence-corrected chi connectivity index (χ0v) is 21.1. The zero-order chi connectivity index (χ0) is 25.1. The van der Waals surface area contributed by atoms with Crippen LogP contribution in [0.3, 0.4) is 0 Å². The highest BCUT2D eigenvalue weighted by molar-refractivity contribution is 6.30. The number of benzene rings is 3. The van der Waals surface area contributed by atoms with Crippen molar-refractivity contribution in [3.8, 4) is 17.1 Å². The van der Waals surface area contributed by atoms with Crippen LogP contribution in [0.1, 0.15) is 36.1 Å². The number of anilines is 1. The molecular weight excluding hydrogens is 462 g/mol. The molecule has 0 unspecified atom stereocenters. The van der Waals surface area contributed by atoms with Crippen LogP contribution in [0, 0.1) is 13.8 Å². The third-order valence-corrected chi connectivity index (χ3v) is 6.43. The number of ether oxygens (including phenoxy) is 1. The summed E-state index contributed by atoms with van der Waals surface area (Å²) in [6, 6.07) is 16.6. The lowest BCUT2D eigenvalue weighted by atomic mass is 10.0. The number of halogens is 1. The molecule has 0 atom stereocenters. The monoisotopic (exact) mass is 489 g/mol. The molecule has 5 nitrogen and oxygen atoms in total. The van der Waals surface area contributed by atoms with E-state index < -0.39 is 0 Å². The Morgan fingerprint density at radius 1 is 0.971 bits per heavy atom. The molecule has 35 heavy (non-hydrogen) atoms. The van der Waals surface area contributed by atoms with Gasteiger partial charge in [-0.3, -0.25) is 9.59 Å². The molecule has 4 aromatic rings. The number of nitrogens with one attached hydrogen (secondary N) is 1. The van der Waals surface area contributed by atoms with Gasteiger partial charge in [0.05, 0.1) is 5.39 Å². The average molecular weight is 490 g/mol. The number of carbonyl (C=O) groups is 1. The number of aryl methyl sites for hydroxylation is 4. The Morgan fingerprint density at radius 3 is 2.23 bits per heavy atom. The van der Waals surface area contributed by atoms with Crippen molar-refractivity contribution in [1.82, 2.24) is 0 Å². The summed E-state index contributed by atoms with van der Waals surface area (Å²) in [5.41, 5.74) is 5.66. The lowest BCUT2D eigenvalue weighted by molar-refractivity contribution is -0.118. The summed E-state index contributed by atoms with van der Waals surface area (Å²) in [5, 5.41) is 3.95. The number of carbonyl (C=O) groups excluding carboxylic acids is 1. The average Bonchev–Trinajstić information content (AvgIpc) is 2.85. The van der Waals surface area contributed by atoms with Crippen LogP contribution in [0.2, 0.25) is 5.02 Å². The van der Waals surface area contributed by atoms with Crippen LogP contribution in [0.15, 0.2) is 63.8 Å². The van der Waals surface area contributed by atoms with Crippen LogP contribution in [-0.2, 0) is 17.6 Å². The van der Waals surface area contributed by atoms with E-state index in [1.165, 1.54) is 0 Å². The molecule has 0 saturated carbocycles. The molecule has 4 rings (SSSR count). The van der Waals surface area contributed by atoms with Gasteiger partial charge in [0.15, 0.2) is 12.4 Å². The van der Waals surface area contributed by atoms with Gasteiger partial charge in [-0.25, -0.2) is 0 Å². The quantitative estimate of drug-likeness (QED) is 0.307. The third kappa shape index (κ3) is 5.10. The first-order valence-corrected chi connectivity index (χ1v) is 12.1. The fraction of sp³-hybridized carbons (Fsp3) is 0.241. The first-order chi connectivity index (χ1) is 16.8. The Hall–Kier alpha value is -3.57. The van der Waals surface area contributed by atoms with Gasteiger partial charge >= 0.3 is 0 Å². The number of amides is 1. The Balaban J connectivity index is 1.72. The van der Waals surface area contributed by atoms with E-state index in [4.69, 9.17) is 20.8 Å². The fourth-order valence-electron chi connectivity index (χ4n) is 4.07. The summed E-state index contributed by atoms with van der Waals surface area (Å²) in [7, 11) is 0. The van der Waals surface area contributed by atoms with Gasteiger partial charge in [-0.2, -0.15) is 0 Å². The molecule has 0 aliphatic heterocycles. The van der Waals surface area contributed by atoms with Crippen molar-refractivity contribution in [3.05, 3.63) is 92.1 Å². The second-order valence-electron chi connectivity index (χ2n) is 8.52. The van der Waals surface area contributed by atoms with Crippen molar-refractivity contribution in [2.24, 2.45) is 0 Å². The first-order valence-electron chi connectivity index (χ1n) is 11.7. The molecule has 1 N–H and O–H groups in total. The van der Waals surface area contributed by atoms with E-state index in [0.29, 0.717) is 21.6 Å². The van der Waals surface area contributed by atoms with Gasteiger partial charge in [0.25, 0.3) is 5.91 Å². The molecule has 6 heteroatoms. The van der Waals surface area contributed by atoms with Crippen molar-refractivity contribution >= 4 is 34.2 Å². The number of hydrogen-bond acceptors (Lipinski definition) is 4. The van der Waals surface area contributed by atoms with Gasteiger partial charge in [0.2, 0.25) is 11.2 Å². The predicted octanol–water partition coefficient (Wildman–Crippen LogP) is 6.87. The molecule has 1 aromatic heterocycles. The SMILES string of the molecule is CCc1cccc(CC)c1NC(=O)COc1c(-c2ccc(Cl)cc2)oc2cc(C)c(C)cc2c1=O. The lowest BCUT2D eigenvalue weighted by Crippen LogP contribution is -2.24. The maximum absolute atomic E-state index is 13.5. The molecule has 3 aromatic carbocycles. The number of para-hydroxylation sites is 1. The van der Waals surface area contributed by atoms with Crippen LogP contribution < -0.4 is 15.5 Å². The van der Waals surface area contributed by atoms with Crippen molar-refractivity contribution in [3.63, 3.8) is 0 Å². The smallest absolute Gasteiger partial charge is 0.262 e. The van der Waals surface area contributed by atoms with Crippen molar-refractivity contribution in [2.75, 3.05) is 11.9 Å². The van der Waals surface area contributed by atoms with E-state index in [-0.39, 0.29) is 29.5 Å². The fourth-order valence-corrected chi connectivity index (χ4v) is 4.20. The number of fused-ring (bicyclic) bond motifs is 1. The largest absolute Gasteiger partial charge is 0.476 e. The Kier molecular flexibility index (Phi) is 7.27. The Bertz CT molecular complexity index is 1430. The topological polar surface area (TPSA) is 68.5 Å². The Morgan fingerprint density at radius 2 is 1.60 bits per heavy atom. The molecule has 0 aliphatic rings. The molecule has 0 aliphatic carbocycles. The van der Waals surface area contributed by atoms with E-state index in [2.05, 4.69) is 5.32 Å². The maximum Gasteiger partial charge on any atom is 0.262 e. The third-order valence-electron chi connectivity index (χ3n) is 6.18. The zero-order valence-electron chi connectivity index (χ0n) is 20.3. The molecule has 180 valence electrons. The standard InChI is InChI=1S/C29H28ClNO4/c1-5-19-8-7-9-20(6-2)26(19)31-25(32)16-34-29-27(33)23-14-17(3)18(4)15-24(23)35-28(29)21-10-12-22(30)13-11-21/h7-15H,5-6,16H2,1-4H3,(H,31,32). The van der Waals surface area contributed by atoms with Crippen LogP contribution in [0.5, 0.6) is 5.75 Å². The second-order valence-corrected chi connectivity index (χ2v) is 8.96. The van der Waals surface area contributed by atoms with E-state index in [1.54, 1.807) is 30.3 Å². The van der Waals surface area contributed by atoms with Crippen LogP contribution in [0.25, 0.3) is 22.3 Å². The normalized spacial score (nSPS) is 11.0. The Labute approximate surface area is 209 Å². The second kappa shape index (κ2) is 10.4. The summed E-state index contributed by atoms with van der Waals surface area (Å²) in [6.45, 7) is 7.66. The van der Waals surface area contributed by atoms with Gasteiger partial charge in [-0.1, -0.05) is 43.6 Å². The van der Waals surface area contributed by atoms with Gasteiger partial charge in [0.1, 0.15) is 5.58 Å². The van der Waals surface area contributed by atoms with Gasteiger partial charge in [-0.05, 0) is 85.3 Å². The van der Waals surface area contributed by atoms with Crippen LogP contribution in [0.4, 0.5) is 5.69 Å². The molecule has 0 radical (unpaired) electrons. The molecule has 0 bridgehead atoms. The van der Waals surface area contributed by atoms with E-state index in [1.807, 2.05) is 52.0 Å². The summed E-state index contributed by atoms with van der Waals surface area (Å²) < 4.78 is 12.0. The van der Waals surface area contributed by atoms with Gasteiger partial charge in [0, 0.05) is 16.3 Å². The molecule has 0 saturated heterocycles. The minimum absolute atomic E-state index is 0.00211. The van der Waals surface area contributed by atoms with Crippen LogP contribution >= 0.6 is 11.6 Å². The predicted molar refractivity (Wildman–Crippen MR) is 142 cm³/mol. The highest BCUT2D eigenvalue weighted by Gasteiger charge is 2.20. The molecule has 1 amide bonds. The number of rotatable bonds is 7. The van der Waals surface area contributed by atoms with Crippen molar-refractivity contribution in [1.29, 1.82) is 0 Å². The summed E-state index contributed by atoms with van der Waals surface area (Å²) >= 11 is 6.06. The van der Waals surface area contributed by atoms with Gasteiger partial charge in [-0.15, -0.1) is 0 Å². The minimum Gasteiger partial charge on any atom is -0.476 e. The highest BCUT2D eigenvalue weighted by atomic mass is 35.5.